The van der Waals surface area contributed by atoms with Gasteiger partial charge >= 0.3 is 12.3 Å². The number of nitrogens with zero attached hydrogens (tertiary/aromatic N) is 3. The molecule has 1 N–H and O–H groups in total. The summed E-state index contributed by atoms with van der Waals surface area (Å²) in [5, 5.41) is 3.31. The van der Waals surface area contributed by atoms with Crippen molar-refractivity contribution < 1.29 is 27.4 Å². The van der Waals surface area contributed by atoms with E-state index >= 15 is 0 Å². The number of carbonyl (C=O) groups excluding carboxylic acids is 1. The number of piperazine rings is 1. The number of amides is 1. The van der Waals surface area contributed by atoms with Crippen LogP contribution < -0.4 is 5.32 Å². The molecule has 1 fully saturated rings. The molecule has 0 aromatic heterocycles. The lowest BCUT2D eigenvalue weighted by Crippen LogP contribution is -2.57. The lowest BCUT2D eigenvalue weighted by atomic mass is 10.1. The molecule has 10 heteroatoms. The number of aliphatic imine (C=N–C) groups is 1. The van der Waals surface area contributed by atoms with E-state index in [1.54, 1.807) is 17.0 Å². The number of ether oxygens (including phenoxy) is 2. The third-order valence-electron chi connectivity index (χ3n) is 4.83. The molecule has 0 spiro atoms. The summed E-state index contributed by atoms with van der Waals surface area (Å²) in [6.07, 6.45) is -4.64. The molecule has 0 aliphatic carbocycles. The molecule has 2 aliphatic rings. The Morgan fingerprint density at radius 1 is 1.23 bits per heavy atom. The summed E-state index contributed by atoms with van der Waals surface area (Å²) in [5.41, 5.74) is 1.08. The molecule has 1 amide bonds. The van der Waals surface area contributed by atoms with E-state index in [1.165, 1.54) is 0 Å². The molecule has 31 heavy (non-hydrogen) atoms. The van der Waals surface area contributed by atoms with E-state index in [9.17, 15) is 18.0 Å². The topological polar surface area (TPSA) is 66.4 Å². The number of rotatable bonds is 5. The van der Waals surface area contributed by atoms with Crippen molar-refractivity contribution in [2.45, 2.75) is 51.7 Å². The fourth-order valence-corrected chi connectivity index (χ4v) is 3.52. The Kier molecular flexibility index (Phi) is 6.98. The molecule has 1 unspecified atom stereocenters. The third-order valence-corrected chi connectivity index (χ3v) is 4.83. The average molecular weight is 442 g/mol. The lowest BCUT2D eigenvalue weighted by Gasteiger charge is -2.39. The Morgan fingerprint density at radius 2 is 1.97 bits per heavy atom. The highest BCUT2D eigenvalue weighted by Crippen LogP contribution is 2.19. The van der Waals surface area contributed by atoms with Crippen LogP contribution >= 0.6 is 0 Å². The largest absolute Gasteiger partial charge is 0.444 e. The summed E-state index contributed by atoms with van der Waals surface area (Å²) in [6.45, 7) is 7.02. The van der Waals surface area contributed by atoms with Gasteiger partial charge in [-0.2, -0.15) is 13.2 Å². The van der Waals surface area contributed by atoms with Gasteiger partial charge in [-0.1, -0.05) is 24.3 Å². The Balaban J connectivity index is 1.47. The van der Waals surface area contributed by atoms with Crippen LogP contribution in [0.1, 0.15) is 31.9 Å². The minimum absolute atomic E-state index is 0.0943. The second-order valence-corrected chi connectivity index (χ2v) is 8.72. The van der Waals surface area contributed by atoms with E-state index in [1.807, 2.05) is 32.9 Å². The first-order valence-corrected chi connectivity index (χ1v) is 10.3. The van der Waals surface area contributed by atoms with Gasteiger partial charge in [-0.25, -0.2) is 4.79 Å². The number of alkyl halides is 3. The Morgan fingerprint density at radius 3 is 2.68 bits per heavy atom. The molecule has 1 aromatic carbocycles. The third kappa shape index (κ3) is 7.02. The molecule has 2 aliphatic heterocycles. The summed E-state index contributed by atoms with van der Waals surface area (Å²) in [6, 6.07) is 7.34. The van der Waals surface area contributed by atoms with Crippen molar-refractivity contribution in [3.63, 3.8) is 0 Å². The molecular weight excluding hydrogens is 413 g/mol. The summed E-state index contributed by atoms with van der Waals surface area (Å²) in [7, 11) is 0. The van der Waals surface area contributed by atoms with E-state index in [0.29, 0.717) is 38.3 Å². The van der Waals surface area contributed by atoms with Crippen LogP contribution in [-0.4, -0.2) is 72.5 Å². The van der Waals surface area contributed by atoms with E-state index in [0.717, 1.165) is 11.5 Å². The minimum atomic E-state index is -4.33. The summed E-state index contributed by atoms with van der Waals surface area (Å²) in [5.74, 6) is 0.771. The van der Waals surface area contributed by atoms with Crippen LogP contribution in [-0.2, 0) is 22.6 Å². The van der Waals surface area contributed by atoms with Crippen molar-refractivity contribution in [1.29, 1.82) is 0 Å². The summed E-state index contributed by atoms with van der Waals surface area (Å²) in [4.78, 5) is 20.7. The van der Waals surface area contributed by atoms with Crippen molar-refractivity contribution in [2.75, 3.05) is 32.8 Å². The predicted octanol–water partition coefficient (Wildman–Crippen LogP) is 3.15. The van der Waals surface area contributed by atoms with Crippen LogP contribution in [0.2, 0.25) is 0 Å². The maximum Gasteiger partial charge on any atom is 0.411 e. The van der Waals surface area contributed by atoms with E-state index in [2.05, 4.69) is 15.2 Å². The van der Waals surface area contributed by atoms with Crippen LogP contribution in [0.5, 0.6) is 0 Å². The van der Waals surface area contributed by atoms with Crippen molar-refractivity contribution in [2.24, 2.45) is 4.99 Å². The van der Waals surface area contributed by atoms with Crippen molar-refractivity contribution in [3.8, 4) is 0 Å². The van der Waals surface area contributed by atoms with Gasteiger partial charge in [-0.15, -0.1) is 0 Å². The molecule has 3 rings (SSSR count). The number of halogens is 3. The van der Waals surface area contributed by atoms with Gasteiger partial charge in [0.15, 0.2) is 5.96 Å². The molecule has 1 saturated heterocycles. The first-order chi connectivity index (χ1) is 14.5. The zero-order chi connectivity index (χ0) is 22.6. The van der Waals surface area contributed by atoms with Gasteiger partial charge in [-0.05, 0) is 31.9 Å². The number of fused-ring (bicyclic) bond motifs is 1. The normalized spacial score (nSPS) is 19.2. The maximum atomic E-state index is 12.3. The zero-order valence-electron chi connectivity index (χ0n) is 18.0. The molecule has 7 nitrogen and oxygen atoms in total. The molecule has 0 saturated carbocycles. The molecule has 2 heterocycles. The summed E-state index contributed by atoms with van der Waals surface area (Å²) < 4.78 is 46.9. The Bertz CT molecular complexity index is 808. The van der Waals surface area contributed by atoms with Crippen LogP contribution in [0.3, 0.4) is 0 Å². The monoisotopic (exact) mass is 442 g/mol. The fourth-order valence-electron chi connectivity index (χ4n) is 3.52. The number of nitrogens with one attached hydrogen (secondary N) is 1. The highest BCUT2D eigenvalue weighted by molar-refractivity contribution is 5.82. The number of benzene rings is 1. The zero-order valence-corrected chi connectivity index (χ0v) is 18.0. The highest BCUT2D eigenvalue weighted by Gasteiger charge is 2.36. The number of hydrogen-bond acceptors (Lipinski definition) is 6. The second-order valence-electron chi connectivity index (χ2n) is 8.72. The van der Waals surface area contributed by atoms with Gasteiger partial charge in [0.05, 0.1) is 19.2 Å². The summed E-state index contributed by atoms with van der Waals surface area (Å²) >= 11 is 0. The number of hydrogen-bond donors (Lipinski definition) is 1. The SMILES string of the molecule is CC(C)(C)OC(=O)N1CCN2C(NCc3cccc(COCC(F)(F)F)c3)=NCC2C1. The number of guanidine groups is 1. The predicted molar refractivity (Wildman–Crippen MR) is 110 cm³/mol. The highest BCUT2D eigenvalue weighted by atomic mass is 19.4. The van der Waals surface area contributed by atoms with Crippen LogP contribution in [0.4, 0.5) is 18.0 Å². The smallest absolute Gasteiger partial charge is 0.411 e. The van der Waals surface area contributed by atoms with Crippen LogP contribution in [0.25, 0.3) is 0 Å². The van der Waals surface area contributed by atoms with E-state index in [-0.39, 0.29) is 18.7 Å². The standard InChI is InChI=1S/C21H29F3N4O3/c1-20(2,3)31-19(29)27-7-8-28-17(12-27)11-26-18(28)25-10-15-5-4-6-16(9-15)13-30-14-21(22,23)24/h4-6,9,17H,7-8,10-14H2,1-3H3,(H,25,26). The van der Waals surface area contributed by atoms with Crippen molar-refractivity contribution in [3.05, 3.63) is 35.4 Å². The molecule has 172 valence electrons. The molecule has 1 atom stereocenters. The molecule has 0 bridgehead atoms. The first-order valence-electron chi connectivity index (χ1n) is 10.3. The number of carbonyl (C=O) groups is 1. The Hall–Kier alpha value is -2.49. The quantitative estimate of drug-likeness (QED) is 0.759. The van der Waals surface area contributed by atoms with E-state index < -0.39 is 18.4 Å². The average Bonchev–Trinajstić information content (AvgIpc) is 3.06. The molecular formula is C21H29F3N4O3. The van der Waals surface area contributed by atoms with Crippen LogP contribution in [0.15, 0.2) is 29.3 Å². The Labute approximate surface area is 180 Å². The fraction of sp³-hybridized carbons (Fsp3) is 0.619. The maximum absolute atomic E-state index is 12.3. The molecule has 0 radical (unpaired) electrons. The van der Waals surface area contributed by atoms with Gasteiger partial charge in [0.25, 0.3) is 0 Å². The van der Waals surface area contributed by atoms with Gasteiger partial charge in [0.2, 0.25) is 0 Å². The lowest BCUT2D eigenvalue weighted by molar-refractivity contribution is -0.176. The second kappa shape index (κ2) is 9.33. The van der Waals surface area contributed by atoms with Gasteiger partial charge in [0.1, 0.15) is 12.2 Å². The minimum Gasteiger partial charge on any atom is -0.444 e. The first kappa shape index (κ1) is 23.2. The van der Waals surface area contributed by atoms with Gasteiger partial charge in [-0.3, -0.25) is 4.99 Å². The van der Waals surface area contributed by atoms with Gasteiger partial charge in [0, 0.05) is 26.2 Å². The van der Waals surface area contributed by atoms with Crippen molar-refractivity contribution >= 4 is 12.1 Å². The van der Waals surface area contributed by atoms with E-state index in [4.69, 9.17) is 9.47 Å². The van der Waals surface area contributed by atoms with Gasteiger partial charge < -0.3 is 24.6 Å². The van der Waals surface area contributed by atoms with Crippen LogP contribution in [0, 0.1) is 0 Å². The van der Waals surface area contributed by atoms with Crippen molar-refractivity contribution in [1.82, 2.24) is 15.1 Å². The molecule has 1 aromatic rings.